The van der Waals surface area contributed by atoms with Crippen LogP contribution in [0.2, 0.25) is 0 Å². The first-order valence-corrected chi connectivity index (χ1v) is 5.04. The highest BCUT2D eigenvalue weighted by molar-refractivity contribution is 5.90. The van der Waals surface area contributed by atoms with Crippen molar-refractivity contribution >= 4 is 11.9 Å². The molecule has 7 nitrogen and oxygen atoms in total. The normalized spacial score (nSPS) is 13.7. The maximum Gasteiger partial charge on any atom is 0.338 e. The smallest absolute Gasteiger partial charge is 0.338 e. The van der Waals surface area contributed by atoms with Crippen molar-refractivity contribution in [1.82, 2.24) is 0 Å². The van der Waals surface area contributed by atoms with Gasteiger partial charge in [-0.05, 0) is 25.1 Å². The van der Waals surface area contributed by atoms with Crippen LogP contribution in [0.15, 0.2) is 18.2 Å². The van der Waals surface area contributed by atoms with Crippen LogP contribution in [0.1, 0.15) is 17.3 Å². The molecule has 5 N–H and O–H groups in total. The van der Waals surface area contributed by atoms with Gasteiger partial charge in [0.25, 0.3) is 0 Å². The fraction of sp³-hybridized carbons (Fsp3) is 0.273. The van der Waals surface area contributed by atoms with E-state index in [2.05, 4.69) is 0 Å². The molecule has 7 heteroatoms. The molecule has 0 amide bonds. The van der Waals surface area contributed by atoms with E-state index in [1.165, 1.54) is 13.0 Å². The minimum atomic E-state index is -1.33. The Kier molecular flexibility index (Phi) is 4.11. The molecule has 0 radical (unpaired) electrons. The molecule has 0 aliphatic carbocycles. The molecular weight excluding hydrogens is 242 g/mol. The summed E-state index contributed by atoms with van der Waals surface area (Å²) in [6.45, 7) is 1.34. The summed E-state index contributed by atoms with van der Waals surface area (Å²) in [5.74, 6) is -2.97. The predicted octanol–water partition coefficient (Wildman–Crippen LogP) is 0.0550. The summed E-state index contributed by atoms with van der Waals surface area (Å²) in [6.07, 6.45) is -1.02. The van der Waals surface area contributed by atoms with Gasteiger partial charge < -0.3 is 25.8 Å². The average Bonchev–Trinajstić information content (AvgIpc) is 2.31. The second-order valence-corrected chi connectivity index (χ2v) is 3.68. The number of nitrogens with two attached hydrogens (primary N) is 1. The minimum Gasteiger partial charge on any atom is -0.504 e. The van der Waals surface area contributed by atoms with Gasteiger partial charge in [-0.25, -0.2) is 4.79 Å². The quantitative estimate of drug-likeness (QED) is 0.442. The van der Waals surface area contributed by atoms with Gasteiger partial charge in [0.1, 0.15) is 12.1 Å². The van der Waals surface area contributed by atoms with Crippen molar-refractivity contribution in [3.8, 4) is 11.5 Å². The number of carbonyl (C=O) groups is 2. The summed E-state index contributed by atoms with van der Waals surface area (Å²) >= 11 is 0. The summed E-state index contributed by atoms with van der Waals surface area (Å²) in [5.41, 5.74) is 5.26. The second-order valence-electron chi connectivity index (χ2n) is 3.68. The first kappa shape index (κ1) is 13.8. The first-order chi connectivity index (χ1) is 8.32. The molecule has 1 aromatic carbocycles. The zero-order valence-electron chi connectivity index (χ0n) is 9.53. The maximum atomic E-state index is 11.6. The topological polar surface area (TPSA) is 130 Å². The van der Waals surface area contributed by atoms with Crippen LogP contribution >= 0.6 is 0 Å². The second kappa shape index (κ2) is 5.37. The monoisotopic (exact) mass is 255 g/mol. The van der Waals surface area contributed by atoms with Crippen LogP contribution < -0.4 is 5.73 Å². The number of ether oxygens (including phenoxy) is 1. The summed E-state index contributed by atoms with van der Waals surface area (Å²) in [6, 6.07) is 2.03. The third-order valence-corrected chi connectivity index (χ3v) is 2.29. The van der Waals surface area contributed by atoms with E-state index in [4.69, 9.17) is 20.7 Å². The van der Waals surface area contributed by atoms with Crippen LogP contribution in [0.25, 0.3) is 0 Å². The molecule has 98 valence electrons. The van der Waals surface area contributed by atoms with Gasteiger partial charge in [0.05, 0.1) is 5.56 Å². The van der Waals surface area contributed by atoms with Gasteiger partial charge in [-0.3, -0.25) is 4.79 Å². The zero-order valence-corrected chi connectivity index (χ0v) is 9.53. The molecule has 0 saturated heterocycles. The number of aromatic hydroxyl groups is 2. The van der Waals surface area contributed by atoms with Gasteiger partial charge in [-0.2, -0.15) is 0 Å². The number of phenolic OH excluding ortho intramolecular Hbond substituents is 2. The van der Waals surface area contributed by atoms with Crippen LogP contribution in [-0.2, 0) is 9.53 Å². The van der Waals surface area contributed by atoms with Crippen LogP contribution in [0, 0.1) is 0 Å². The lowest BCUT2D eigenvalue weighted by atomic mass is 10.2. The van der Waals surface area contributed by atoms with Crippen LogP contribution in [0.4, 0.5) is 0 Å². The van der Waals surface area contributed by atoms with Gasteiger partial charge in [0.2, 0.25) is 0 Å². The number of aliphatic carboxylic acids is 1. The summed E-state index contributed by atoms with van der Waals surface area (Å²) in [4.78, 5) is 22.2. The predicted molar refractivity (Wildman–Crippen MR) is 60.3 cm³/mol. The van der Waals surface area contributed by atoms with Crippen LogP contribution in [0.3, 0.4) is 0 Å². The Labute approximate surface area is 102 Å². The molecule has 1 aromatic rings. The van der Waals surface area contributed by atoms with Gasteiger partial charge in [0.15, 0.2) is 11.5 Å². The Balaban J connectivity index is 2.76. The molecule has 0 fully saturated rings. The van der Waals surface area contributed by atoms with E-state index in [1.807, 2.05) is 0 Å². The Morgan fingerprint density at radius 3 is 2.39 bits per heavy atom. The maximum absolute atomic E-state index is 11.6. The van der Waals surface area contributed by atoms with Crippen molar-refractivity contribution in [3.05, 3.63) is 23.8 Å². The minimum absolute atomic E-state index is 0.0188. The number of rotatable bonds is 4. The lowest BCUT2D eigenvalue weighted by Gasteiger charge is -2.16. The molecule has 0 heterocycles. The average molecular weight is 255 g/mol. The highest BCUT2D eigenvalue weighted by atomic mass is 16.5. The Bertz CT molecular complexity index is 473. The lowest BCUT2D eigenvalue weighted by Crippen LogP contribution is -2.42. The van der Waals surface area contributed by atoms with E-state index in [-0.39, 0.29) is 11.3 Å². The van der Waals surface area contributed by atoms with Crippen molar-refractivity contribution in [1.29, 1.82) is 0 Å². The lowest BCUT2D eigenvalue weighted by molar-refractivity contribution is -0.140. The van der Waals surface area contributed by atoms with Gasteiger partial charge in [0, 0.05) is 0 Å². The fourth-order valence-electron chi connectivity index (χ4n) is 1.16. The molecule has 0 aromatic heterocycles. The molecule has 1 rings (SSSR count). The number of carboxylic acid groups (broad SMARTS) is 1. The first-order valence-electron chi connectivity index (χ1n) is 5.04. The highest BCUT2D eigenvalue weighted by Gasteiger charge is 2.24. The molecule has 0 aliphatic heterocycles. The van der Waals surface area contributed by atoms with E-state index in [0.717, 1.165) is 12.1 Å². The van der Waals surface area contributed by atoms with E-state index in [9.17, 15) is 14.7 Å². The third-order valence-electron chi connectivity index (χ3n) is 2.29. The third kappa shape index (κ3) is 3.11. The molecule has 2 unspecified atom stereocenters. The van der Waals surface area contributed by atoms with Crippen LogP contribution in [-0.4, -0.2) is 39.4 Å². The Hall–Kier alpha value is -2.28. The summed E-state index contributed by atoms with van der Waals surface area (Å²) in [7, 11) is 0. The van der Waals surface area contributed by atoms with Crippen molar-refractivity contribution in [2.45, 2.75) is 19.1 Å². The van der Waals surface area contributed by atoms with E-state index in [1.54, 1.807) is 0 Å². The molecule has 18 heavy (non-hydrogen) atoms. The number of carbonyl (C=O) groups excluding carboxylic acids is 1. The number of hydrogen-bond donors (Lipinski definition) is 4. The molecular formula is C11H13NO6. The van der Waals surface area contributed by atoms with E-state index >= 15 is 0 Å². The SMILES string of the molecule is CC(OC(=O)c1ccc(O)c(O)c1)C(N)C(=O)O. The molecule has 0 aliphatic rings. The van der Waals surface area contributed by atoms with E-state index in [0.29, 0.717) is 0 Å². The number of phenols is 2. The molecule has 0 spiro atoms. The molecule has 2 atom stereocenters. The standard InChI is InChI=1S/C11H13NO6/c1-5(9(12)10(15)16)18-11(17)6-2-3-7(13)8(14)4-6/h2-5,9,13-14H,12H2,1H3,(H,15,16). The fourth-order valence-corrected chi connectivity index (χ4v) is 1.16. The number of esters is 1. The van der Waals surface area contributed by atoms with Crippen molar-refractivity contribution in [2.75, 3.05) is 0 Å². The van der Waals surface area contributed by atoms with Crippen molar-refractivity contribution in [2.24, 2.45) is 5.73 Å². The number of carboxylic acids is 1. The largest absolute Gasteiger partial charge is 0.504 e. The van der Waals surface area contributed by atoms with Gasteiger partial charge in [-0.15, -0.1) is 0 Å². The van der Waals surface area contributed by atoms with Crippen molar-refractivity contribution in [3.63, 3.8) is 0 Å². The number of hydrogen-bond acceptors (Lipinski definition) is 6. The molecule has 0 bridgehead atoms. The number of benzene rings is 1. The summed E-state index contributed by atoms with van der Waals surface area (Å²) < 4.78 is 4.82. The Morgan fingerprint density at radius 2 is 1.89 bits per heavy atom. The summed E-state index contributed by atoms with van der Waals surface area (Å²) in [5, 5.41) is 26.9. The Morgan fingerprint density at radius 1 is 1.28 bits per heavy atom. The van der Waals surface area contributed by atoms with E-state index < -0.39 is 29.8 Å². The van der Waals surface area contributed by atoms with Gasteiger partial charge >= 0.3 is 11.9 Å². The van der Waals surface area contributed by atoms with Crippen molar-refractivity contribution < 1.29 is 29.6 Å². The van der Waals surface area contributed by atoms with Gasteiger partial charge in [-0.1, -0.05) is 0 Å². The zero-order chi connectivity index (χ0) is 13.9. The highest BCUT2D eigenvalue weighted by Crippen LogP contribution is 2.25. The van der Waals surface area contributed by atoms with Crippen LogP contribution in [0.5, 0.6) is 11.5 Å². The molecule has 0 saturated carbocycles.